The number of carbonyl (C=O) groups is 2. The minimum Gasteiger partial charge on any atom is -0.474 e. The Morgan fingerprint density at radius 2 is 1.94 bits per heavy atom. The van der Waals surface area contributed by atoms with Gasteiger partial charge in [-0.25, -0.2) is 4.98 Å². The standard InChI is InChI=1S/C24H32N6O3S2/c1-11(2)10-26-24-30-29-23(35-24)21(32)27-16-7-15(8-16)6-12(3)33-22-17(20(25)31)9-18-19(28-22)13(4)14(5)34-18/h9,11-12,15-16H,6-8,10H2,1-5H3,(H2,25,31)(H,26,30)(H,27,32)/t12-,15?,16?/m0/s1. The van der Waals surface area contributed by atoms with Gasteiger partial charge in [-0.1, -0.05) is 25.2 Å². The molecular weight excluding hydrogens is 484 g/mol. The third-order valence-electron chi connectivity index (χ3n) is 6.19. The van der Waals surface area contributed by atoms with Crippen molar-refractivity contribution in [3.63, 3.8) is 0 Å². The average molecular weight is 517 g/mol. The summed E-state index contributed by atoms with van der Waals surface area (Å²) in [6, 6.07) is 1.89. The summed E-state index contributed by atoms with van der Waals surface area (Å²) in [5.41, 5.74) is 7.85. The molecule has 0 aliphatic heterocycles. The minimum atomic E-state index is -0.545. The molecule has 1 aliphatic carbocycles. The predicted molar refractivity (Wildman–Crippen MR) is 140 cm³/mol. The molecule has 0 unspecified atom stereocenters. The van der Waals surface area contributed by atoms with E-state index in [0.29, 0.717) is 33.4 Å². The number of nitrogens with one attached hydrogen (secondary N) is 2. The third-order valence-corrected chi connectivity index (χ3v) is 8.22. The van der Waals surface area contributed by atoms with Gasteiger partial charge in [-0.2, -0.15) is 0 Å². The van der Waals surface area contributed by atoms with Gasteiger partial charge in [-0.05, 0) is 63.5 Å². The molecule has 3 heterocycles. The van der Waals surface area contributed by atoms with E-state index in [1.54, 1.807) is 17.4 Å². The number of primary amides is 1. The molecule has 0 bridgehead atoms. The van der Waals surface area contributed by atoms with Crippen LogP contribution in [0.2, 0.25) is 0 Å². The molecule has 0 spiro atoms. The Morgan fingerprint density at radius 3 is 2.63 bits per heavy atom. The SMILES string of the molecule is Cc1sc2cc(C(N)=O)c(O[C@@H](C)CC3CC(NC(=O)c4nnc(NCC(C)C)s4)C3)nc2c1C. The molecule has 0 radical (unpaired) electrons. The van der Waals surface area contributed by atoms with Gasteiger partial charge in [0.2, 0.25) is 16.0 Å². The number of pyridine rings is 1. The van der Waals surface area contributed by atoms with Crippen molar-refractivity contribution in [3.8, 4) is 5.88 Å². The van der Waals surface area contributed by atoms with E-state index in [-0.39, 0.29) is 18.1 Å². The highest BCUT2D eigenvalue weighted by Crippen LogP contribution is 2.35. The quantitative estimate of drug-likeness (QED) is 0.366. The Hall–Kier alpha value is -2.79. The second-order valence-corrected chi connectivity index (χ2v) is 11.9. The molecule has 0 aromatic carbocycles. The zero-order valence-electron chi connectivity index (χ0n) is 20.7. The van der Waals surface area contributed by atoms with Crippen molar-refractivity contribution in [1.29, 1.82) is 0 Å². The van der Waals surface area contributed by atoms with Gasteiger partial charge in [0.15, 0.2) is 0 Å². The maximum absolute atomic E-state index is 12.5. The number of thiophene rings is 1. The van der Waals surface area contributed by atoms with Crippen molar-refractivity contribution < 1.29 is 14.3 Å². The zero-order valence-corrected chi connectivity index (χ0v) is 22.3. The summed E-state index contributed by atoms with van der Waals surface area (Å²) in [6.07, 6.45) is 2.40. The smallest absolute Gasteiger partial charge is 0.282 e. The number of fused-ring (bicyclic) bond motifs is 1. The summed E-state index contributed by atoms with van der Waals surface area (Å²) >= 11 is 2.87. The molecule has 3 aromatic heterocycles. The lowest BCUT2D eigenvalue weighted by atomic mass is 9.77. The number of hydrogen-bond acceptors (Lipinski definition) is 9. The number of anilines is 1. The Balaban J connectivity index is 1.29. The van der Waals surface area contributed by atoms with Crippen molar-refractivity contribution in [1.82, 2.24) is 20.5 Å². The lowest BCUT2D eigenvalue weighted by molar-refractivity contribution is 0.0846. The van der Waals surface area contributed by atoms with Crippen molar-refractivity contribution >= 4 is 49.8 Å². The summed E-state index contributed by atoms with van der Waals surface area (Å²) < 4.78 is 7.03. The van der Waals surface area contributed by atoms with E-state index in [1.807, 2.05) is 20.8 Å². The van der Waals surface area contributed by atoms with Crippen LogP contribution in [0.15, 0.2) is 6.07 Å². The van der Waals surface area contributed by atoms with E-state index in [0.717, 1.165) is 46.5 Å². The first kappa shape index (κ1) is 25.3. The van der Waals surface area contributed by atoms with Gasteiger partial charge in [0, 0.05) is 17.5 Å². The van der Waals surface area contributed by atoms with Crippen LogP contribution in [0.5, 0.6) is 5.88 Å². The summed E-state index contributed by atoms with van der Waals surface area (Å²) in [6.45, 7) is 11.0. The summed E-state index contributed by atoms with van der Waals surface area (Å²) in [4.78, 5) is 30.3. The van der Waals surface area contributed by atoms with E-state index >= 15 is 0 Å². The van der Waals surface area contributed by atoms with Crippen molar-refractivity contribution in [2.45, 2.75) is 66.0 Å². The first-order valence-corrected chi connectivity index (χ1v) is 13.5. The largest absolute Gasteiger partial charge is 0.474 e. The first-order valence-electron chi connectivity index (χ1n) is 11.9. The summed E-state index contributed by atoms with van der Waals surface area (Å²) in [5, 5.41) is 15.3. The van der Waals surface area contributed by atoms with Crippen LogP contribution >= 0.6 is 22.7 Å². The van der Waals surface area contributed by atoms with Crippen LogP contribution in [0.25, 0.3) is 10.2 Å². The number of aromatic nitrogens is 3. The number of ether oxygens (including phenoxy) is 1. The second-order valence-electron chi connectivity index (χ2n) is 9.69. The third kappa shape index (κ3) is 5.90. The van der Waals surface area contributed by atoms with E-state index in [2.05, 4.69) is 39.7 Å². The lowest BCUT2D eigenvalue weighted by Gasteiger charge is -2.37. The number of nitrogens with zero attached hydrogens (tertiary/aromatic N) is 3. The monoisotopic (exact) mass is 516 g/mol. The highest BCUT2D eigenvalue weighted by molar-refractivity contribution is 7.19. The highest BCUT2D eigenvalue weighted by Gasteiger charge is 2.33. The number of nitrogens with two attached hydrogens (primary N) is 1. The summed E-state index contributed by atoms with van der Waals surface area (Å²) in [7, 11) is 0. The van der Waals surface area contributed by atoms with Crippen LogP contribution in [0.3, 0.4) is 0 Å². The molecule has 1 atom stereocenters. The maximum atomic E-state index is 12.5. The van der Waals surface area contributed by atoms with Gasteiger partial charge in [0.1, 0.15) is 5.56 Å². The molecule has 4 N–H and O–H groups in total. The molecule has 35 heavy (non-hydrogen) atoms. The zero-order chi connectivity index (χ0) is 25.3. The van der Waals surface area contributed by atoms with Crippen LogP contribution in [0, 0.1) is 25.7 Å². The topological polar surface area (TPSA) is 132 Å². The van der Waals surface area contributed by atoms with Gasteiger partial charge in [-0.15, -0.1) is 21.5 Å². The first-order chi connectivity index (χ1) is 16.6. The number of amides is 2. The van der Waals surface area contributed by atoms with Crippen LogP contribution in [-0.2, 0) is 0 Å². The van der Waals surface area contributed by atoms with Gasteiger partial charge in [0.05, 0.1) is 16.3 Å². The van der Waals surface area contributed by atoms with E-state index in [9.17, 15) is 9.59 Å². The summed E-state index contributed by atoms with van der Waals surface area (Å²) in [5.74, 6) is 0.466. The Kier molecular flexibility index (Phi) is 7.56. The molecular formula is C24H32N6O3S2. The number of carbonyl (C=O) groups excluding carboxylic acids is 2. The maximum Gasteiger partial charge on any atom is 0.282 e. The highest BCUT2D eigenvalue weighted by atomic mass is 32.1. The van der Waals surface area contributed by atoms with Crippen molar-refractivity contribution in [3.05, 3.63) is 27.1 Å². The van der Waals surface area contributed by atoms with Gasteiger partial charge < -0.3 is 21.1 Å². The molecule has 3 aromatic rings. The van der Waals surface area contributed by atoms with E-state index < -0.39 is 5.91 Å². The Bertz CT molecular complexity index is 1230. The number of rotatable bonds is 10. The van der Waals surface area contributed by atoms with Gasteiger partial charge >= 0.3 is 0 Å². The lowest BCUT2D eigenvalue weighted by Crippen LogP contribution is -2.45. The average Bonchev–Trinajstić information content (AvgIpc) is 3.35. The normalized spacial score (nSPS) is 18.3. The van der Waals surface area contributed by atoms with Gasteiger partial charge in [0.25, 0.3) is 11.8 Å². The predicted octanol–water partition coefficient (Wildman–Crippen LogP) is 4.30. The second kappa shape index (κ2) is 10.4. The van der Waals surface area contributed by atoms with Crippen molar-refractivity contribution in [2.24, 2.45) is 17.6 Å². The molecule has 1 fully saturated rings. The molecule has 1 saturated carbocycles. The van der Waals surface area contributed by atoms with Crippen LogP contribution in [-0.4, -0.2) is 45.7 Å². The van der Waals surface area contributed by atoms with Gasteiger partial charge in [-0.3, -0.25) is 9.59 Å². The fourth-order valence-corrected chi connectivity index (χ4v) is 5.88. The molecule has 2 amide bonds. The van der Waals surface area contributed by atoms with Crippen LogP contribution in [0.1, 0.15) is 70.6 Å². The molecule has 11 heteroatoms. The Morgan fingerprint density at radius 1 is 1.20 bits per heavy atom. The van der Waals surface area contributed by atoms with E-state index in [4.69, 9.17) is 10.5 Å². The molecule has 9 nitrogen and oxygen atoms in total. The molecule has 0 saturated heterocycles. The fourth-order valence-electron chi connectivity index (χ4n) is 4.18. The number of aryl methyl sites for hydroxylation is 2. The Labute approximate surface area is 212 Å². The number of hydrogen-bond donors (Lipinski definition) is 3. The molecule has 188 valence electrons. The van der Waals surface area contributed by atoms with Crippen LogP contribution in [0.4, 0.5) is 5.13 Å². The van der Waals surface area contributed by atoms with Crippen LogP contribution < -0.4 is 21.1 Å². The minimum absolute atomic E-state index is 0.114. The van der Waals surface area contributed by atoms with E-state index in [1.165, 1.54) is 11.3 Å². The molecule has 1 aliphatic rings. The van der Waals surface area contributed by atoms with Crippen molar-refractivity contribution in [2.75, 3.05) is 11.9 Å². The fraction of sp³-hybridized carbons (Fsp3) is 0.542. The molecule has 4 rings (SSSR count).